The van der Waals surface area contributed by atoms with Crippen LogP contribution in [-0.4, -0.2) is 63.0 Å². The molecule has 1 atom stereocenters. The number of benzene rings is 1. The monoisotopic (exact) mass is 525 g/mol. The molecule has 4 rings (SSSR count). The smallest absolute Gasteiger partial charge is 0.256 e. The lowest BCUT2D eigenvalue weighted by Crippen LogP contribution is -2.60. The quantitative estimate of drug-likeness (QED) is 0.587. The predicted molar refractivity (Wildman–Crippen MR) is 139 cm³/mol. The van der Waals surface area contributed by atoms with Gasteiger partial charge in [0.05, 0.1) is 18.3 Å². The summed E-state index contributed by atoms with van der Waals surface area (Å²) >= 11 is 5.91. The molecule has 0 bridgehead atoms. The van der Waals surface area contributed by atoms with Gasteiger partial charge in [0, 0.05) is 49.0 Å². The van der Waals surface area contributed by atoms with Crippen molar-refractivity contribution in [1.82, 2.24) is 24.9 Å². The first-order valence-electron chi connectivity index (χ1n) is 12.1. The van der Waals surface area contributed by atoms with Crippen molar-refractivity contribution in [3.8, 4) is 0 Å². The van der Waals surface area contributed by atoms with Crippen molar-refractivity contribution in [2.75, 3.05) is 19.6 Å². The molecule has 0 radical (unpaired) electrons. The largest absolute Gasteiger partial charge is 0.338 e. The minimum atomic E-state index is -0.850. The van der Waals surface area contributed by atoms with Crippen molar-refractivity contribution in [2.24, 2.45) is 7.05 Å². The molecule has 8 nitrogen and oxygen atoms in total. The van der Waals surface area contributed by atoms with E-state index < -0.39 is 23.7 Å². The van der Waals surface area contributed by atoms with Crippen LogP contribution in [0, 0.1) is 5.82 Å². The highest BCUT2D eigenvalue weighted by atomic mass is 35.5. The van der Waals surface area contributed by atoms with Crippen molar-refractivity contribution in [2.45, 2.75) is 32.2 Å². The molecule has 0 aliphatic carbocycles. The van der Waals surface area contributed by atoms with Gasteiger partial charge < -0.3 is 15.1 Å². The number of nitrogens with one attached hydrogen (secondary N) is 1. The fraction of sp³-hybridized carbons (Fsp3) is 0.333. The van der Waals surface area contributed by atoms with Crippen molar-refractivity contribution in [1.29, 1.82) is 0 Å². The summed E-state index contributed by atoms with van der Waals surface area (Å²) in [6, 6.07) is 3.49. The van der Waals surface area contributed by atoms with Gasteiger partial charge in [0.2, 0.25) is 11.8 Å². The Bertz CT molecular complexity index is 1310. The molecule has 10 heteroatoms. The van der Waals surface area contributed by atoms with Crippen molar-refractivity contribution in [3.05, 3.63) is 82.6 Å². The second kappa shape index (κ2) is 11.1. The Morgan fingerprint density at radius 3 is 2.78 bits per heavy atom. The number of nitrogens with zero attached hydrogens (tertiary/aromatic N) is 4. The maximum atomic E-state index is 14.7. The van der Waals surface area contributed by atoms with Gasteiger partial charge in [-0.05, 0) is 48.3 Å². The molecule has 0 spiro atoms. The van der Waals surface area contributed by atoms with Gasteiger partial charge in [0.15, 0.2) is 0 Å². The third kappa shape index (κ3) is 5.83. The van der Waals surface area contributed by atoms with Crippen LogP contribution in [0.4, 0.5) is 4.39 Å². The molecule has 1 N–H and O–H groups in total. The third-order valence-electron chi connectivity index (χ3n) is 6.48. The molecule has 3 amide bonds. The van der Waals surface area contributed by atoms with Gasteiger partial charge in [-0.3, -0.25) is 19.1 Å². The number of amides is 3. The molecule has 2 saturated heterocycles. The van der Waals surface area contributed by atoms with Crippen LogP contribution in [0.15, 0.2) is 60.6 Å². The van der Waals surface area contributed by atoms with Gasteiger partial charge >= 0.3 is 0 Å². The fourth-order valence-electron chi connectivity index (χ4n) is 4.56. The van der Waals surface area contributed by atoms with Crippen LogP contribution >= 0.6 is 11.6 Å². The highest BCUT2D eigenvalue weighted by molar-refractivity contribution is 6.30. The zero-order valence-corrected chi connectivity index (χ0v) is 21.6. The molecule has 37 heavy (non-hydrogen) atoms. The van der Waals surface area contributed by atoms with Gasteiger partial charge in [-0.1, -0.05) is 31.2 Å². The number of allylic oxidation sites excluding steroid dienone is 3. The Balaban J connectivity index is 1.54. The number of piperazine rings is 1. The second-order valence-electron chi connectivity index (χ2n) is 9.09. The summed E-state index contributed by atoms with van der Waals surface area (Å²) in [7, 11) is 1.82. The molecule has 2 aliphatic rings. The first-order chi connectivity index (χ1) is 17.7. The lowest BCUT2D eigenvalue weighted by Gasteiger charge is -2.39. The van der Waals surface area contributed by atoms with Crippen molar-refractivity contribution >= 4 is 34.9 Å². The molecular weight excluding hydrogens is 497 g/mol. The minimum absolute atomic E-state index is 0.0889. The average molecular weight is 526 g/mol. The molecule has 3 heterocycles. The highest BCUT2D eigenvalue weighted by Crippen LogP contribution is 2.28. The summed E-state index contributed by atoms with van der Waals surface area (Å²) in [6.07, 6.45) is 8.34. The van der Waals surface area contributed by atoms with Crippen LogP contribution in [0.3, 0.4) is 0 Å². The van der Waals surface area contributed by atoms with Gasteiger partial charge in [-0.15, -0.1) is 0 Å². The summed E-state index contributed by atoms with van der Waals surface area (Å²) in [5.74, 6) is -1.41. The SMILES string of the molecule is C=C1NC(=O)C2CN(C(=O)CCc3cnn(C)c3)CCN2C(=O)C1=CC(=CCC)c1ccc(Cl)cc1F. The summed E-state index contributed by atoms with van der Waals surface area (Å²) in [5, 5.41) is 7.09. The lowest BCUT2D eigenvalue weighted by atomic mass is 9.99. The number of aryl methyl sites for hydroxylation is 2. The lowest BCUT2D eigenvalue weighted by molar-refractivity contribution is -0.145. The van der Waals surface area contributed by atoms with Gasteiger partial charge in [-0.2, -0.15) is 5.10 Å². The van der Waals surface area contributed by atoms with E-state index in [0.717, 1.165) is 5.56 Å². The third-order valence-corrected chi connectivity index (χ3v) is 6.71. The van der Waals surface area contributed by atoms with Crippen molar-refractivity contribution in [3.63, 3.8) is 0 Å². The van der Waals surface area contributed by atoms with Gasteiger partial charge in [0.25, 0.3) is 5.91 Å². The van der Waals surface area contributed by atoms with Crippen LogP contribution in [0.1, 0.15) is 30.9 Å². The van der Waals surface area contributed by atoms with Crippen LogP contribution in [0.5, 0.6) is 0 Å². The number of halogens is 2. The maximum Gasteiger partial charge on any atom is 0.256 e. The number of rotatable bonds is 6. The first kappa shape index (κ1) is 26.3. The van der Waals surface area contributed by atoms with Crippen LogP contribution in [0.2, 0.25) is 5.02 Å². The van der Waals surface area contributed by atoms with Crippen molar-refractivity contribution < 1.29 is 18.8 Å². The molecule has 2 fully saturated rings. The number of hydrogen-bond acceptors (Lipinski definition) is 4. The summed E-state index contributed by atoms with van der Waals surface area (Å²) < 4.78 is 16.4. The van der Waals surface area contributed by atoms with E-state index in [1.807, 2.05) is 20.2 Å². The number of hydrogen-bond donors (Lipinski definition) is 1. The molecule has 194 valence electrons. The number of fused-ring (bicyclic) bond motifs is 1. The topological polar surface area (TPSA) is 87.5 Å². The van der Waals surface area contributed by atoms with E-state index >= 15 is 0 Å². The normalized spacial score (nSPS) is 19.7. The predicted octanol–water partition coefficient (Wildman–Crippen LogP) is 3.25. The van der Waals surface area contributed by atoms with E-state index in [1.165, 1.54) is 11.0 Å². The zero-order chi connectivity index (χ0) is 26.7. The Kier molecular flexibility index (Phi) is 7.92. The first-order valence-corrected chi connectivity index (χ1v) is 12.5. The summed E-state index contributed by atoms with van der Waals surface area (Å²) in [6.45, 7) is 6.40. The Morgan fingerprint density at radius 2 is 2.11 bits per heavy atom. The van der Waals surface area contributed by atoms with Crippen LogP contribution in [0.25, 0.3) is 5.57 Å². The number of aromatic nitrogens is 2. The molecule has 1 unspecified atom stereocenters. The van der Waals surface area contributed by atoms with E-state index in [4.69, 9.17) is 11.6 Å². The van der Waals surface area contributed by atoms with E-state index in [0.29, 0.717) is 25.0 Å². The number of carbonyl (C=O) groups is 3. The average Bonchev–Trinajstić information content (AvgIpc) is 3.26. The molecule has 2 aromatic rings. The molecular formula is C27H29ClFN5O3. The molecule has 1 aromatic heterocycles. The van der Waals surface area contributed by atoms with Gasteiger partial charge in [-0.25, -0.2) is 4.39 Å². The Morgan fingerprint density at radius 1 is 1.32 bits per heavy atom. The molecule has 1 aromatic carbocycles. The van der Waals surface area contributed by atoms with Gasteiger partial charge in [0.1, 0.15) is 11.9 Å². The molecule has 0 saturated carbocycles. The standard InChI is InChI=1S/C27H29ClFN5O3/c1-4-5-19(21-8-7-20(28)13-23(21)29)12-22-17(2)31-26(36)24-16-33(10-11-34(24)27(22)37)25(35)9-6-18-14-30-32(3)15-18/h5,7-8,12-15,24H,2,4,6,9-11,16H2,1,3H3,(H,31,36). The van der Waals surface area contributed by atoms with E-state index in [9.17, 15) is 18.8 Å². The fourth-order valence-corrected chi connectivity index (χ4v) is 4.72. The maximum absolute atomic E-state index is 14.7. The Hall–Kier alpha value is -3.72. The Labute approximate surface area is 220 Å². The zero-order valence-electron chi connectivity index (χ0n) is 20.8. The summed E-state index contributed by atoms with van der Waals surface area (Å²) in [4.78, 5) is 42.6. The second-order valence-corrected chi connectivity index (χ2v) is 9.53. The van der Waals surface area contributed by atoms with E-state index in [-0.39, 0.29) is 47.3 Å². The summed E-state index contributed by atoms with van der Waals surface area (Å²) in [5.41, 5.74) is 2.03. The van der Waals surface area contributed by atoms with E-state index in [1.54, 1.807) is 40.1 Å². The van der Waals surface area contributed by atoms with E-state index in [2.05, 4.69) is 17.0 Å². The van der Waals surface area contributed by atoms with Crippen LogP contribution < -0.4 is 5.32 Å². The minimum Gasteiger partial charge on any atom is -0.338 e. The number of carbonyl (C=O) groups excluding carboxylic acids is 3. The highest BCUT2D eigenvalue weighted by Gasteiger charge is 2.41. The van der Waals surface area contributed by atoms with Crippen LogP contribution in [-0.2, 0) is 27.9 Å². The molecule has 2 aliphatic heterocycles.